The second-order valence-corrected chi connectivity index (χ2v) is 7.96. The van der Waals surface area contributed by atoms with Gasteiger partial charge in [-0.1, -0.05) is 35.9 Å². The van der Waals surface area contributed by atoms with E-state index in [9.17, 15) is 8.42 Å². The summed E-state index contributed by atoms with van der Waals surface area (Å²) in [7, 11) is -3.64. The molecule has 7 heteroatoms. The van der Waals surface area contributed by atoms with Crippen LogP contribution in [-0.2, 0) is 23.0 Å². The highest BCUT2D eigenvalue weighted by Crippen LogP contribution is 2.15. The van der Waals surface area contributed by atoms with Gasteiger partial charge in [-0.2, -0.15) is 0 Å². The number of hydrogen-bond acceptors (Lipinski definition) is 5. The zero-order chi connectivity index (χ0) is 19.3. The molecule has 0 aliphatic heterocycles. The van der Waals surface area contributed by atoms with Crippen molar-refractivity contribution in [2.75, 3.05) is 6.54 Å². The van der Waals surface area contributed by atoms with E-state index < -0.39 is 10.0 Å². The third kappa shape index (κ3) is 5.43. The lowest BCUT2D eigenvalue weighted by Gasteiger charge is -2.07. The molecule has 3 N–H and O–H groups in total. The highest BCUT2D eigenvalue weighted by molar-refractivity contribution is 7.89. The molecule has 0 amide bonds. The van der Waals surface area contributed by atoms with Crippen LogP contribution in [0, 0.1) is 6.92 Å². The number of primary sulfonamides is 1. The van der Waals surface area contributed by atoms with Gasteiger partial charge in [-0.15, -0.1) is 0 Å². The topological polar surface area (TPSA) is 98.0 Å². The van der Waals surface area contributed by atoms with E-state index in [1.165, 1.54) is 17.7 Å². The first-order valence-corrected chi connectivity index (χ1v) is 10.2. The summed E-state index contributed by atoms with van der Waals surface area (Å²) in [6.45, 7) is 3.47. The van der Waals surface area contributed by atoms with Crippen molar-refractivity contribution in [3.05, 3.63) is 77.6 Å². The fourth-order valence-electron chi connectivity index (χ4n) is 2.69. The van der Waals surface area contributed by atoms with Gasteiger partial charge in [-0.05, 0) is 43.7 Å². The quantitative estimate of drug-likeness (QED) is 0.612. The van der Waals surface area contributed by atoms with Crippen molar-refractivity contribution in [2.24, 2.45) is 5.14 Å². The van der Waals surface area contributed by atoms with E-state index in [1.54, 1.807) is 12.1 Å². The summed E-state index contributed by atoms with van der Waals surface area (Å²) in [5.74, 6) is 0.720. The number of nitrogens with zero attached hydrogens (tertiary/aromatic N) is 2. The van der Waals surface area contributed by atoms with Gasteiger partial charge in [0.2, 0.25) is 10.0 Å². The van der Waals surface area contributed by atoms with E-state index in [4.69, 9.17) is 5.14 Å². The molecule has 27 heavy (non-hydrogen) atoms. The van der Waals surface area contributed by atoms with E-state index in [0.717, 1.165) is 35.5 Å². The van der Waals surface area contributed by atoms with Gasteiger partial charge in [0.1, 0.15) is 0 Å². The van der Waals surface area contributed by atoms with E-state index >= 15 is 0 Å². The molecule has 0 fully saturated rings. The molecular formula is C20H22N4O2S. The summed E-state index contributed by atoms with van der Waals surface area (Å²) in [6.07, 6.45) is 4.45. The standard InChI is InChI=1S/C20H22N4O2S/c1-15-3-2-4-18(11-15)20-23-13-17(14-24-20)12-22-10-9-16-5-7-19(8-6-16)27(21,25)26/h2-8,11,13-14,22H,9-10,12H2,1H3,(H2,21,25,26). The lowest BCUT2D eigenvalue weighted by molar-refractivity contribution is 0.597. The summed E-state index contributed by atoms with van der Waals surface area (Å²) in [6, 6.07) is 14.7. The summed E-state index contributed by atoms with van der Waals surface area (Å²) >= 11 is 0. The van der Waals surface area contributed by atoms with Crippen molar-refractivity contribution in [1.82, 2.24) is 15.3 Å². The van der Waals surface area contributed by atoms with E-state index in [1.807, 2.05) is 37.5 Å². The SMILES string of the molecule is Cc1cccc(-c2ncc(CNCCc3ccc(S(N)(=O)=O)cc3)cn2)c1. The van der Waals surface area contributed by atoms with E-state index in [2.05, 4.69) is 21.4 Å². The Kier molecular flexibility index (Phi) is 5.95. The molecule has 3 aromatic rings. The molecule has 0 aliphatic carbocycles. The van der Waals surface area contributed by atoms with Crippen LogP contribution < -0.4 is 10.5 Å². The third-order valence-corrected chi connectivity index (χ3v) is 5.08. The Morgan fingerprint density at radius 3 is 2.33 bits per heavy atom. The van der Waals surface area contributed by atoms with Crippen molar-refractivity contribution in [3.63, 3.8) is 0 Å². The minimum absolute atomic E-state index is 0.130. The first-order chi connectivity index (χ1) is 12.9. The van der Waals surface area contributed by atoms with Gasteiger partial charge in [0.15, 0.2) is 5.82 Å². The average molecular weight is 382 g/mol. The number of sulfonamides is 1. The molecule has 140 valence electrons. The summed E-state index contributed by atoms with van der Waals surface area (Å²) in [5.41, 5.74) is 4.24. The molecule has 1 heterocycles. The maximum Gasteiger partial charge on any atom is 0.238 e. The van der Waals surface area contributed by atoms with Gasteiger partial charge >= 0.3 is 0 Å². The Labute approximate surface area is 159 Å². The number of aryl methyl sites for hydroxylation is 1. The fraction of sp³-hybridized carbons (Fsp3) is 0.200. The second-order valence-electron chi connectivity index (χ2n) is 6.40. The predicted octanol–water partition coefficient (Wildman–Crippen LogP) is 2.43. The van der Waals surface area contributed by atoms with Gasteiger partial charge in [0.25, 0.3) is 0 Å². The molecule has 2 aromatic carbocycles. The van der Waals surface area contributed by atoms with Crippen LogP contribution in [0.15, 0.2) is 65.8 Å². The Hall–Kier alpha value is -2.61. The summed E-state index contributed by atoms with van der Waals surface area (Å²) in [4.78, 5) is 9.01. The van der Waals surface area contributed by atoms with Gasteiger partial charge < -0.3 is 5.32 Å². The Balaban J connectivity index is 1.49. The molecule has 6 nitrogen and oxygen atoms in total. The van der Waals surface area contributed by atoms with Crippen LogP contribution in [0.25, 0.3) is 11.4 Å². The number of nitrogens with two attached hydrogens (primary N) is 1. The molecule has 1 aromatic heterocycles. The molecular weight excluding hydrogens is 360 g/mol. The number of hydrogen-bond donors (Lipinski definition) is 2. The lowest BCUT2D eigenvalue weighted by Crippen LogP contribution is -2.17. The average Bonchev–Trinajstić information content (AvgIpc) is 2.65. The summed E-state index contributed by atoms with van der Waals surface area (Å²) < 4.78 is 22.5. The third-order valence-electron chi connectivity index (χ3n) is 4.15. The highest BCUT2D eigenvalue weighted by atomic mass is 32.2. The molecule has 3 rings (SSSR count). The van der Waals surface area contributed by atoms with Crippen LogP contribution in [0.1, 0.15) is 16.7 Å². The second kappa shape index (κ2) is 8.39. The predicted molar refractivity (Wildman–Crippen MR) is 105 cm³/mol. The maximum absolute atomic E-state index is 11.2. The van der Waals surface area contributed by atoms with Crippen molar-refractivity contribution in [1.29, 1.82) is 0 Å². The fourth-order valence-corrected chi connectivity index (χ4v) is 3.21. The number of benzene rings is 2. The molecule has 0 bridgehead atoms. The van der Waals surface area contributed by atoms with E-state index in [0.29, 0.717) is 6.54 Å². The first-order valence-electron chi connectivity index (χ1n) is 8.62. The van der Waals surface area contributed by atoms with Gasteiger partial charge in [0.05, 0.1) is 4.90 Å². The van der Waals surface area contributed by atoms with Crippen molar-refractivity contribution >= 4 is 10.0 Å². The maximum atomic E-state index is 11.2. The number of aromatic nitrogens is 2. The molecule has 0 atom stereocenters. The Morgan fingerprint density at radius 2 is 1.70 bits per heavy atom. The molecule has 0 saturated carbocycles. The first kappa shape index (κ1) is 19.2. The minimum Gasteiger partial charge on any atom is -0.312 e. The van der Waals surface area contributed by atoms with Crippen LogP contribution in [0.2, 0.25) is 0 Å². The normalized spacial score (nSPS) is 11.5. The number of nitrogens with one attached hydrogen (secondary N) is 1. The van der Waals surface area contributed by atoms with Crippen LogP contribution in [0.5, 0.6) is 0 Å². The zero-order valence-electron chi connectivity index (χ0n) is 15.1. The van der Waals surface area contributed by atoms with Gasteiger partial charge in [-0.3, -0.25) is 0 Å². The summed E-state index contributed by atoms with van der Waals surface area (Å²) in [5, 5.41) is 8.44. The van der Waals surface area contributed by atoms with Crippen LogP contribution in [0.4, 0.5) is 0 Å². The Morgan fingerprint density at radius 1 is 1.00 bits per heavy atom. The molecule has 0 saturated heterocycles. The van der Waals surface area contributed by atoms with Crippen molar-refractivity contribution < 1.29 is 8.42 Å². The highest BCUT2D eigenvalue weighted by Gasteiger charge is 2.06. The number of rotatable bonds is 7. The molecule has 0 unspecified atom stereocenters. The van der Waals surface area contributed by atoms with Crippen LogP contribution in [0.3, 0.4) is 0 Å². The largest absolute Gasteiger partial charge is 0.312 e. The monoisotopic (exact) mass is 382 g/mol. The molecule has 0 spiro atoms. The van der Waals surface area contributed by atoms with Gasteiger partial charge in [-0.25, -0.2) is 23.5 Å². The minimum atomic E-state index is -3.64. The van der Waals surface area contributed by atoms with E-state index in [-0.39, 0.29) is 4.90 Å². The molecule has 0 radical (unpaired) electrons. The zero-order valence-corrected chi connectivity index (χ0v) is 15.9. The van der Waals surface area contributed by atoms with Crippen molar-refractivity contribution in [2.45, 2.75) is 24.8 Å². The smallest absolute Gasteiger partial charge is 0.238 e. The van der Waals surface area contributed by atoms with Crippen molar-refractivity contribution in [3.8, 4) is 11.4 Å². The van der Waals surface area contributed by atoms with Crippen LogP contribution in [-0.4, -0.2) is 24.9 Å². The van der Waals surface area contributed by atoms with Crippen LogP contribution >= 0.6 is 0 Å². The Bertz CT molecular complexity index is 1000. The van der Waals surface area contributed by atoms with Gasteiger partial charge in [0, 0.05) is 30.1 Å². The molecule has 0 aliphatic rings. The lowest BCUT2D eigenvalue weighted by atomic mass is 10.1.